The van der Waals surface area contributed by atoms with Crippen molar-refractivity contribution < 1.29 is 9.18 Å². The number of hydrogen-bond acceptors (Lipinski definition) is 5. The molecule has 1 atom stereocenters. The fourth-order valence-corrected chi connectivity index (χ4v) is 4.15. The molecule has 0 saturated heterocycles. The SMILES string of the molecule is CCCCN1c2ncnc(Cl)c2NC2=C(C(=O)CCC2)C1c1ccc(F)cc1. The number of aromatic nitrogens is 2. The highest BCUT2D eigenvalue weighted by atomic mass is 35.5. The Balaban J connectivity index is 1.95. The van der Waals surface area contributed by atoms with Crippen LogP contribution in [-0.4, -0.2) is 22.3 Å². The van der Waals surface area contributed by atoms with Crippen molar-refractivity contribution in [3.8, 4) is 0 Å². The van der Waals surface area contributed by atoms with Crippen molar-refractivity contribution in [2.45, 2.75) is 45.1 Å². The predicted molar refractivity (Wildman–Crippen MR) is 108 cm³/mol. The van der Waals surface area contributed by atoms with Crippen LogP contribution in [0.4, 0.5) is 15.9 Å². The molecule has 146 valence electrons. The summed E-state index contributed by atoms with van der Waals surface area (Å²) in [5.41, 5.74) is 3.09. The minimum Gasteiger partial charge on any atom is -0.353 e. The maximum atomic E-state index is 13.6. The minimum absolute atomic E-state index is 0.112. The Kier molecular flexibility index (Phi) is 5.31. The number of fused-ring (bicyclic) bond motifs is 1. The summed E-state index contributed by atoms with van der Waals surface area (Å²) < 4.78 is 13.6. The zero-order valence-corrected chi connectivity index (χ0v) is 16.5. The van der Waals surface area contributed by atoms with E-state index in [9.17, 15) is 9.18 Å². The molecule has 0 spiro atoms. The molecule has 2 aliphatic rings. The van der Waals surface area contributed by atoms with Crippen LogP contribution >= 0.6 is 11.6 Å². The number of ketones is 1. The Morgan fingerprint density at radius 2 is 2.04 bits per heavy atom. The molecule has 0 amide bonds. The van der Waals surface area contributed by atoms with Crippen molar-refractivity contribution in [2.75, 3.05) is 16.8 Å². The zero-order valence-electron chi connectivity index (χ0n) is 15.7. The number of nitrogens with one attached hydrogen (secondary N) is 1. The van der Waals surface area contributed by atoms with Gasteiger partial charge in [0.15, 0.2) is 16.8 Å². The second kappa shape index (κ2) is 7.87. The number of benzene rings is 1. The number of carbonyl (C=O) groups excluding carboxylic acids is 1. The van der Waals surface area contributed by atoms with Gasteiger partial charge in [0.25, 0.3) is 0 Å². The van der Waals surface area contributed by atoms with E-state index in [1.165, 1.54) is 18.5 Å². The molecule has 7 heteroatoms. The Labute approximate surface area is 168 Å². The van der Waals surface area contributed by atoms with Gasteiger partial charge in [0.1, 0.15) is 17.8 Å². The number of hydrogen-bond donors (Lipinski definition) is 1. The number of unbranched alkanes of at least 4 members (excludes halogenated alkanes) is 1. The molecule has 1 aliphatic heterocycles. The first kappa shape index (κ1) is 18.9. The summed E-state index contributed by atoms with van der Waals surface area (Å²) in [5.74, 6) is 0.483. The summed E-state index contributed by atoms with van der Waals surface area (Å²) in [4.78, 5) is 23.8. The standard InChI is InChI=1S/C21H22ClFN4O/c1-2-3-11-27-19(13-7-9-14(23)10-8-13)17-15(5-4-6-16(17)28)26-18-20(22)24-12-25-21(18)27/h7-10,12,19,26H,2-6,11H2,1H3. The molecule has 5 nitrogen and oxygen atoms in total. The lowest BCUT2D eigenvalue weighted by molar-refractivity contribution is -0.116. The van der Waals surface area contributed by atoms with Gasteiger partial charge in [-0.3, -0.25) is 4.79 Å². The van der Waals surface area contributed by atoms with Crippen LogP contribution < -0.4 is 10.2 Å². The van der Waals surface area contributed by atoms with Crippen LogP contribution in [-0.2, 0) is 4.79 Å². The number of anilines is 2. The van der Waals surface area contributed by atoms with Gasteiger partial charge in [0.2, 0.25) is 0 Å². The van der Waals surface area contributed by atoms with Crippen LogP contribution in [0, 0.1) is 5.82 Å². The summed E-state index contributed by atoms with van der Waals surface area (Å²) >= 11 is 6.40. The Morgan fingerprint density at radius 1 is 1.25 bits per heavy atom. The molecule has 0 saturated carbocycles. The molecule has 28 heavy (non-hydrogen) atoms. The van der Waals surface area contributed by atoms with Gasteiger partial charge in [-0.2, -0.15) is 0 Å². The molecule has 0 bridgehead atoms. The molecule has 2 heterocycles. The van der Waals surface area contributed by atoms with Gasteiger partial charge in [0.05, 0.1) is 6.04 Å². The van der Waals surface area contributed by atoms with Crippen LogP contribution in [0.15, 0.2) is 41.9 Å². The highest BCUT2D eigenvalue weighted by Crippen LogP contribution is 2.45. The molecule has 1 aromatic heterocycles. The average Bonchev–Trinajstić information content (AvgIpc) is 2.83. The molecule has 1 unspecified atom stereocenters. The molecular weight excluding hydrogens is 379 g/mol. The first-order valence-electron chi connectivity index (χ1n) is 9.66. The Hall–Kier alpha value is -2.47. The molecular formula is C21H22ClFN4O. The predicted octanol–water partition coefficient (Wildman–Crippen LogP) is 5.05. The third-order valence-corrected chi connectivity index (χ3v) is 5.60. The van der Waals surface area contributed by atoms with E-state index in [0.717, 1.165) is 42.5 Å². The molecule has 1 aliphatic carbocycles. The van der Waals surface area contributed by atoms with Crippen molar-refractivity contribution in [1.29, 1.82) is 0 Å². The van der Waals surface area contributed by atoms with Gasteiger partial charge in [-0.25, -0.2) is 14.4 Å². The number of carbonyl (C=O) groups is 1. The number of rotatable bonds is 4. The first-order chi connectivity index (χ1) is 13.6. The third kappa shape index (κ3) is 3.37. The maximum absolute atomic E-state index is 13.6. The van der Waals surface area contributed by atoms with E-state index in [1.54, 1.807) is 12.1 Å². The molecule has 0 fully saturated rings. The fourth-order valence-electron chi connectivity index (χ4n) is 3.98. The highest BCUT2D eigenvalue weighted by molar-refractivity contribution is 6.32. The van der Waals surface area contributed by atoms with E-state index < -0.39 is 0 Å². The van der Waals surface area contributed by atoms with Crippen LogP contribution in [0.1, 0.15) is 50.6 Å². The first-order valence-corrected chi connectivity index (χ1v) is 10.0. The van der Waals surface area contributed by atoms with E-state index in [1.807, 2.05) is 0 Å². The van der Waals surface area contributed by atoms with Crippen LogP contribution in [0.3, 0.4) is 0 Å². The van der Waals surface area contributed by atoms with E-state index in [0.29, 0.717) is 29.6 Å². The molecule has 1 N–H and O–H groups in total. The van der Waals surface area contributed by atoms with Gasteiger partial charge >= 0.3 is 0 Å². The number of Topliss-reactive ketones (excluding diaryl/α,β-unsaturated/α-hetero) is 1. The van der Waals surface area contributed by atoms with Gasteiger partial charge in [-0.05, 0) is 37.0 Å². The van der Waals surface area contributed by atoms with Crippen LogP contribution in [0.25, 0.3) is 0 Å². The maximum Gasteiger partial charge on any atom is 0.163 e. The zero-order chi connectivity index (χ0) is 19.7. The largest absolute Gasteiger partial charge is 0.353 e. The van der Waals surface area contributed by atoms with Crippen molar-refractivity contribution in [3.05, 3.63) is 58.4 Å². The monoisotopic (exact) mass is 400 g/mol. The van der Waals surface area contributed by atoms with Crippen molar-refractivity contribution >= 4 is 28.9 Å². The molecule has 4 rings (SSSR count). The summed E-state index contributed by atoms with van der Waals surface area (Å²) in [6.45, 7) is 2.82. The van der Waals surface area contributed by atoms with Gasteiger partial charge in [-0.1, -0.05) is 37.1 Å². The fraction of sp³-hybridized carbons (Fsp3) is 0.381. The lowest BCUT2D eigenvalue weighted by atomic mass is 9.86. The minimum atomic E-state index is -0.338. The third-order valence-electron chi connectivity index (χ3n) is 5.31. The summed E-state index contributed by atoms with van der Waals surface area (Å²) in [6.07, 6.45) is 5.41. The van der Waals surface area contributed by atoms with E-state index in [2.05, 4.69) is 27.1 Å². The second-order valence-electron chi connectivity index (χ2n) is 7.16. The molecule has 1 aromatic carbocycles. The second-order valence-corrected chi connectivity index (χ2v) is 7.52. The Morgan fingerprint density at radius 3 is 2.79 bits per heavy atom. The molecule has 0 radical (unpaired) electrons. The lowest BCUT2D eigenvalue weighted by Crippen LogP contribution is -2.34. The number of allylic oxidation sites excluding steroid dienone is 1. The highest BCUT2D eigenvalue weighted by Gasteiger charge is 2.37. The van der Waals surface area contributed by atoms with Crippen molar-refractivity contribution in [3.63, 3.8) is 0 Å². The van der Waals surface area contributed by atoms with Crippen molar-refractivity contribution in [2.24, 2.45) is 0 Å². The van der Waals surface area contributed by atoms with Gasteiger partial charge in [0, 0.05) is 24.2 Å². The average molecular weight is 401 g/mol. The summed E-state index contributed by atoms with van der Waals surface area (Å²) in [7, 11) is 0. The van der Waals surface area contributed by atoms with Crippen LogP contribution in [0.2, 0.25) is 5.15 Å². The van der Waals surface area contributed by atoms with Gasteiger partial charge in [-0.15, -0.1) is 0 Å². The quantitative estimate of drug-likeness (QED) is 0.728. The molecule has 2 aromatic rings. The summed E-state index contributed by atoms with van der Waals surface area (Å²) in [6, 6.07) is 6.04. The van der Waals surface area contributed by atoms with E-state index >= 15 is 0 Å². The van der Waals surface area contributed by atoms with E-state index in [4.69, 9.17) is 11.6 Å². The number of nitrogens with zero attached hydrogens (tertiary/aromatic N) is 3. The lowest BCUT2D eigenvalue weighted by Gasteiger charge is -2.34. The van der Waals surface area contributed by atoms with Gasteiger partial charge < -0.3 is 10.2 Å². The topological polar surface area (TPSA) is 58.1 Å². The Bertz CT molecular complexity index is 929. The number of halogens is 2. The van der Waals surface area contributed by atoms with Crippen LogP contribution in [0.5, 0.6) is 0 Å². The van der Waals surface area contributed by atoms with Crippen molar-refractivity contribution in [1.82, 2.24) is 9.97 Å². The summed E-state index contributed by atoms with van der Waals surface area (Å²) in [5, 5.41) is 3.69. The smallest absolute Gasteiger partial charge is 0.163 e. The van der Waals surface area contributed by atoms with E-state index in [-0.39, 0.29) is 17.6 Å². The normalized spacial score (nSPS) is 19.0.